The van der Waals surface area contributed by atoms with Crippen LogP contribution in [0.2, 0.25) is 0 Å². The molecule has 5 aromatic rings. The summed E-state index contributed by atoms with van der Waals surface area (Å²) in [5.41, 5.74) is 4.97. The summed E-state index contributed by atoms with van der Waals surface area (Å²) in [6.07, 6.45) is 0. The molecule has 37 heavy (non-hydrogen) atoms. The first kappa shape index (κ1) is 24.4. The lowest BCUT2D eigenvalue weighted by Gasteiger charge is -2.12. The number of para-hydroxylation sites is 1. The number of ketones is 1. The smallest absolute Gasteiger partial charge is 0.234 e. The largest absolute Gasteiger partial charge is 0.325 e. The van der Waals surface area contributed by atoms with E-state index in [0.717, 1.165) is 33.5 Å². The van der Waals surface area contributed by atoms with E-state index in [4.69, 9.17) is 4.98 Å². The van der Waals surface area contributed by atoms with E-state index >= 15 is 0 Å². The third kappa shape index (κ3) is 5.29. The molecular weight excluding hydrogens is 482 g/mol. The quantitative estimate of drug-likeness (QED) is 0.201. The molecular formula is C29H25N5O2S. The van der Waals surface area contributed by atoms with Crippen LogP contribution in [0.1, 0.15) is 24.2 Å². The standard InChI is InChI=1S/C29H25N5O2S/c1-3-34-28(24-17-26(21-9-5-4-6-10-21)31-25-12-8-7-11-23(24)25)32-33-29(34)37-18-27(36)30-22-15-13-20(14-16-22)19(2)35/h4-17H,3,18H2,1-2H3,(H,30,36). The van der Waals surface area contributed by atoms with Gasteiger partial charge in [0.05, 0.1) is 17.0 Å². The number of nitrogens with zero attached hydrogens (tertiary/aromatic N) is 4. The molecule has 0 saturated carbocycles. The molecule has 0 saturated heterocycles. The first-order valence-electron chi connectivity index (χ1n) is 12.0. The zero-order valence-corrected chi connectivity index (χ0v) is 21.3. The average Bonchev–Trinajstić information content (AvgIpc) is 3.35. The van der Waals surface area contributed by atoms with Crippen LogP contribution in [0.3, 0.4) is 0 Å². The Kier molecular flexibility index (Phi) is 7.09. The van der Waals surface area contributed by atoms with Gasteiger partial charge in [-0.15, -0.1) is 10.2 Å². The molecule has 0 fully saturated rings. The van der Waals surface area contributed by atoms with Crippen LogP contribution in [0, 0.1) is 0 Å². The number of hydrogen-bond donors (Lipinski definition) is 1. The van der Waals surface area contributed by atoms with Crippen LogP contribution in [0.15, 0.2) is 90.1 Å². The van der Waals surface area contributed by atoms with Gasteiger partial charge in [0.15, 0.2) is 16.8 Å². The molecule has 0 spiro atoms. The number of pyridine rings is 1. The molecule has 2 aromatic heterocycles. The molecule has 2 heterocycles. The summed E-state index contributed by atoms with van der Waals surface area (Å²) >= 11 is 1.34. The van der Waals surface area contributed by atoms with Crippen LogP contribution < -0.4 is 5.32 Å². The summed E-state index contributed by atoms with van der Waals surface area (Å²) in [4.78, 5) is 28.9. The lowest BCUT2D eigenvalue weighted by atomic mass is 10.0. The average molecular weight is 508 g/mol. The summed E-state index contributed by atoms with van der Waals surface area (Å²) in [5, 5.41) is 13.5. The SMILES string of the molecule is CCn1c(SCC(=O)Nc2ccc(C(C)=O)cc2)nnc1-c1cc(-c2ccccc2)nc2ccccc12. The number of benzene rings is 3. The Bertz CT molecular complexity index is 1580. The van der Waals surface area contributed by atoms with Gasteiger partial charge in [0.25, 0.3) is 0 Å². The van der Waals surface area contributed by atoms with Crippen LogP contribution >= 0.6 is 11.8 Å². The number of Topliss-reactive ketones (excluding diaryl/α,β-unsaturated/α-hetero) is 1. The molecule has 0 aliphatic rings. The van der Waals surface area contributed by atoms with Crippen molar-refractivity contribution < 1.29 is 9.59 Å². The number of carbonyl (C=O) groups excluding carboxylic acids is 2. The predicted molar refractivity (Wildman–Crippen MR) is 148 cm³/mol. The molecule has 0 bridgehead atoms. The van der Waals surface area contributed by atoms with Crippen LogP contribution in [0.4, 0.5) is 5.69 Å². The van der Waals surface area contributed by atoms with Crippen molar-refractivity contribution in [1.29, 1.82) is 0 Å². The number of aromatic nitrogens is 4. The molecule has 0 aliphatic carbocycles. The van der Waals surface area contributed by atoms with E-state index in [1.165, 1.54) is 18.7 Å². The van der Waals surface area contributed by atoms with E-state index < -0.39 is 0 Å². The zero-order chi connectivity index (χ0) is 25.8. The molecule has 3 aromatic carbocycles. The van der Waals surface area contributed by atoms with Crippen molar-refractivity contribution in [3.8, 4) is 22.6 Å². The topological polar surface area (TPSA) is 89.8 Å². The number of nitrogens with one attached hydrogen (secondary N) is 1. The van der Waals surface area contributed by atoms with Gasteiger partial charge in [0.2, 0.25) is 5.91 Å². The highest BCUT2D eigenvalue weighted by Gasteiger charge is 2.18. The Morgan fingerprint density at radius 3 is 2.38 bits per heavy atom. The first-order chi connectivity index (χ1) is 18.0. The number of thioether (sulfide) groups is 1. The van der Waals surface area contributed by atoms with E-state index in [-0.39, 0.29) is 17.4 Å². The number of fused-ring (bicyclic) bond motifs is 1. The fourth-order valence-electron chi connectivity index (χ4n) is 4.11. The van der Waals surface area contributed by atoms with Gasteiger partial charge >= 0.3 is 0 Å². The summed E-state index contributed by atoms with van der Waals surface area (Å²) in [5.74, 6) is 0.745. The van der Waals surface area contributed by atoms with Gasteiger partial charge < -0.3 is 9.88 Å². The Morgan fingerprint density at radius 1 is 0.919 bits per heavy atom. The number of anilines is 1. The van der Waals surface area contributed by atoms with Crippen molar-refractivity contribution in [3.05, 3.63) is 90.5 Å². The molecule has 1 N–H and O–H groups in total. The fraction of sp³-hybridized carbons (Fsp3) is 0.138. The van der Waals surface area contributed by atoms with Gasteiger partial charge in [-0.05, 0) is 50.2 Å². The van der Waals surface area contributed by atoms with Gasteiger partial charge in [-0.3, -0.25) is 9.59 Å². The van der Waals surface area contributed by atoms with Gasteiger partial charge in [-0.1, -0.05) is 60.3 Å². The van der Waals surface area contributed by atoms with Crippen molar-refractivity contribution in [2.75, 3.05) is 11.1 Å². The van der Waals surface area contributed by atoms with Crippen LogP contribution in [-0.4, -0.2) is 37.2 Å². The highest BCUT2D eigenvalue weighted by atomic mass is 32.2. The second kappa shape index (κ2) is 10.8. The normalized spacial score (nSPS) is 11.0. The van der Waals surface area contributed by atoms with E-state index in [1.54, 1.807) is 24.3 Å². The minimum absolute atomic E-state index is 0.0130. The molecule has 5 rings (SSSR count). The molecule has 0 unspecified atom stereocenters. The summed E-state index contributed by atoms with van der Waals surface area (Å²) in [6, 6.07) is 27.0. The van der Waals surface area contributed by atoms with Crippen molar-refractivity contribution in [2.24, 2.45) is 0 Å². The van der Waals surface area contributed by atoms with Crippen molar-refractivity contribution >= 4 is 40.0 Å². The maximum atomic E-state index is 12.6. The lowest BCUT2D eigenvalue weighted by molar-refractivity contribution is -0.113. The molecule has 8 heteroatoms. The minimum atomic E-state index is -0.159. The zero-order valence-electron chi connectivity index (χ0n) is 20.5. The number of hydrogen-bond acceptors (Lipinski definition) is 6. The first-order valence-corrected chi connectivity index (χ1v) is 12.9. The van der Waals surface area contributed by atoms with Gasteiger partial charge in [0.1, 0.15) is 0 Å². The molecule has 0 radical (unpaired) electrons. The summed E-state index contributed by atoms with van der Waals surface area (Å²) in [6.45, 7) is 4.20. The van der Waals surface area contributed by atoms with Gasteiger partial charge in [-0.2, -0.15) is 0 Å². The van der Waals surface area contributed by atoms with Crippen molar-refractivity contribution in [1.82, 2.24) is 19.7 Å². The molecule has 1 amide bonds. The van der Waals surface area contributed by atoms with Crippen molar-refractivity contribution in [2.45, 2.75) is 25.5 Å². The fourth-order valence-corrected chi connectivity index (χ4v) is 4.91. The van der Waals surface area contributed by atoms with Crippen LogP contribution in [-0.2, 0) is 11.3 Å². The number of rotatable bonds is 8. The molecule has 184 valence electrons. The number of amides is 1. The van der Waals surface area contributed by atoms with Gasteiger partial charge in [0, 0.05) is 34.3 Å². The maximum Gasteiger partial charge on any atom is 0.234 e. The van der Waals surface area contributed by atoms with E-state index in [1.807, 2.05) is 66.1 Å². The highest BCUT2D eigenvalue weighted by molar-refractivity contribution is 7.99. The highest BCUT2D eigenvalue weighted by Crippen LogP contribution is 2.33. The third-order valence-electron chi connectivity index (χ3n) is 5.97. The van der Waals surface area contributed by atoms with Gasteiger partial charge in [-0.25, -0.2) is 4.98 Å². The maximum absolute atomic E-state index is 12.6. The van der Waals surface area contributed by atoms with Crippen LogP contribution in [0.25, 0.3) is 33.5 Å². The Labute approximate surface area is 219 Å². The minimum Gasteiger partial charge on any atom is -0.325 e. The Morgan fingerprint density at radius 2 is 1.65 bits per heavy atom. The second-order valence-electron chi connectivity index (χ2n) is 8.46. The number of carbonyl (C=O) groups is 2. The predicted octanol–water partition coefficient (Wildman–Crippen LogP) is 6.11. The summed E-state index contributed by atoms with van der Waals surface area (Å²) < 4.78 is 2.02. The summed E-state index contributed by atoms with van der Waals surface area (Å²) in [7, 11) is 0. The van der Waals surface area contributed by atoms with E-state index in [9.17, 15) is 9.59 Å². The Balaban J connectivity index is 1.41. The van der Waals surface area contributed by atoms with Crippen molar-refractivity contribution in [3.63, 3.8) is 0 Å². The Hall–Kier alpha value is -4.30. The van der Waals surface area contributed by atoms with Crippen LogP contribution in [0.5, 0.6) is 0 Å². The molecule has 0 atom stereocenters. The molecule has 0 aliphatic heterocycles. The molecule has 7 nitrogen and oxygen atoms in total. The van der Waals surface area contributed by atoms with E-state index in [0.29, 0.717) is 23.0 Å². The monoisotopic (exact) mass is 507 g/mol. The second-order valence-corrected chi connectivity index (χ2v) is 9.40. The third-order valence-corrected chi connectivity index (χ3v) is 6.93. The lowest BCUT2D eigenvalue weighted by Crippen LogP contribution is -2.14. The van der Waals surface area contributed by atoms with E-state index in [2.05, 4.69) is 21.6 Å².